The fraction of sp³-hybridized carbons (Fsp3) is 0.357. The molecule has 2 aromatic rings. The summed E-state index contributed by atoms with van der Waals surface area (Å²) < 4.78 is 6.90. The number of anilines is 1. The highest BCUT2D eigenvalue weighted by molar-refractivity contribution is 5.89. The lowest BCUT2D eigenvalue weighted by Gasteiger charge is -2.17. The predicted molar refractivity (Wildman–Crippen MR) is 77.3 cm³/mol. The van der Waals surface area contributed by atoms with Crippen molar-refractivity contribution in [2.45, 2.75) is 12.5 Å². The summed E-state index contributed by atoms with van der Waals surface area (Å²) in [6, 6.07) is 7.39. The van der Waals surface area contributed by atoms with Gasteiger partial charge in [-0.15, -0.1) is 5.10 Å². The van der Waals surface area contributed by atoms with Crippen molar-refractivity contribution in [2.24, 2.45) is 0 Å². The lowest BCUT2D eigenvalue weighted by molar-refractivity contribution is 0.220. The van der Waals surface area contributed by atoms with Crippen LogP contribution < -0.4 is 10.1 Å². The van der Waals surface area contributed by atoms with E-state index in [2.05, 4.69) is 15.6 Å². The minimum absolute atomic E-state index is 0.0946. The molecule has 0 aliphatic carbocycles. The molecule has 0 saturated carbocycles. The van der Waals surface area contributed by atoms with E-state index < -0.39 is 0 Å². The Kier molecular flexibility index (Phi) is 3.72. The number of methoxy groups -OCH3 is 1. The zero-order chi connectivity index (χ0) is 14.7. The maximum absolute atomic E-state index is 12.2. The third-order valence-electron chi connectivity index (χ3n) is 3.61. The Labute approximate surface area is 122 Å². The molecule has 1 unspecified atom stereocenters. The van der Waals surface area contributed by atoms with Gasteiger partial charge in [0.15, 0.2) is 0 Å². The van der Waals surface area contributed by atoms with Gasteiger partial charge in [-0.1, -0.05) is 5.21 Å². The number of nitrogens with zero attached hydrogens (tertiary/aromatic N) is 4. The van der Waals surface area contributed by atoms with E-state index >= 15 is 0 Å². The van der Waals surface area contributed by atoms with Gasteiger partial charge in [-0.3, -0.25) is 0 Å². The molecular weight excluding hydrogens is 270 g/mol. The molecule has 1 aliphatic rings. The van der Waals surface area contributed by atoms with E-state index in [1.54, 1.807) is 22.9 Å². The van der Waals surface area contributed by atoms with E-state index in [0.29, 0.717) is 13.1 Å². The molecule has 1 aliphatic heterocycles. The Bertz CT molecular complexity index is 596. The summed E-state index contributed by atoms with van der Waals surface area (Å²) in [7, 11) is 1.61. The van der Waals surface area contributed by atoms with Crippen LogP contribution in [0.1, 0.15) is 12.5 Å². The SMILES string of the molecule is COc1ccc(NC(=O)N2CCC(n3ccnn3)C2)cc1. The summed E-state index contributed by atoms with van der Waals surface area (Å²) in [6.45, 7) is 1.36. The average Bonchev–Trinajstić information content (AvgIpc) is 3.19. The number of benzene rings is 1. The van der Waals surface area contributed by atoms with Crippen LogP contribution in [0, 0.1) is 0 Å². The topological polar surface area (TPSA) is 72.3 Å². The Morgan fingerprint density at radius 2 is 2.19 bits per heavy atom. The van der Waals surface area contributed by atoms with Crippen molar-refractivity contribution in [1.82, 2.24) is 19.9 Å². The minimum atomic E-state index is -0.0946. The van der Waals surface area contributed by atoms with E-state index in [0.717, 1.165) is 17.9 Å². The van der Waals surface area contributed by atoms with Crippen LogP contribution in [-0.4, -0.2) is 46.1 Å². The van der Waals surface area contributed by atoms with Crippen LogP contribution in [0.5, 0.6) is 5.75 Å². The monoisotopic (exact) mass is 287 g/mol. The van der Waals surface area contributed by atoms with Crippen LogP contribution in [0.15, 0.2) is 36.7 Å². The van der Waals surface area contributed by atoms with Crippen molar-refractivity contribution < 1.29 is 9.53 Å². The third kappa shape index (κ3) is 2.96. The van der Waals surface area contributed by atoms with Gasteiger partial charge in [0.2, 0.25) is 0 Å². The lowest BCUT2D eigenvalue weighted by Crippen LogP contribution is -2.33. The number of rotatable bonds is 3. The smallest absolute Gasteiger partial charge is 0.321 e. The molecule has 0 bridgehead atoms. The highest BCUT2D eigenvalue weighted by atomic mass is 16.5. The summed E-state index contributed by atoms with van der Waals surface area (Å²) in [4.78, 5) is 14.0. The Hall–Kier alpha value is -2.57. The first-order chi connectivity index (χ1) is 10.3. The number of carbonyl (C=O) groups excluding carboxylic acids is 1. The van der Waals surface area contributed by atoms with Crippen molar-refractivity contribution in [3.05, 3.63) is 36.7 Å². The van der Waals surface area contributed by atoms with E-state index in [9.17, 15) is 4.79 Å². The first-order valence-corrected chi connectivity index (χ1v) is 6.82. The molecule has 1 saturated heterocycles. The van der Waals surface area contributed by atoms with Crippen molar-refractivity contribution in [2.75, 3.05) is 25.5 Å². The van der Waals surface area contributed by atoms with Crippen LogP contribution in [0.4, 0.5) is 10.5 Å². The standard InChI is InChI=1S/C14H17N5O2/c1-21-13-4-2-11(3-5-13)16-14(20)18-8-6-12(10-18)19-9-7-15-17-19/h2-5,7,9,12H,6,8,10H2,1H3,(H,16,20). The molecule has 110 valence electrons. The molecule has 0 radical (unpaired) electrons. The largest absolute Gasteiger partial charge is 0.497 e. The van der Waals surface area contributed by atoms with E-state index in [-0.39, 0.29) is 12.1 Å². The molecule has 3 rings (SSSR count). The van der Waals surface area contributed by atoms with Gasteiger partial charge in [-0.2, -0.15) is 0 Å². The second-order valence-electron chi connectivity index (χ2n) is 4.93. The normalized spacial score (nSPS) is 17.8. The number of hydrogen-bond acceptors (Lipinski definition) is 4. The van der Waals surface area contributed by atoms with Crippen LogP contribution in [0.2, 0.25) is 0 Å². The maximum atomic E-state index is 12.2. The Balaban J connectivity index is 1.58. The molecule has 7 nitrogen and oxygen atoms in total. The quantitative estimate of drug-likeness (QED) is 0.933. The maximum Gasteiger partial charge on any atom is 0.321 e. The minimum Gasteiger partial charge on any atom is -0.497 e. The van der Waals surface area contributed by atoms with Crippen molar-refractivity contribution in [3.8, 4) is 5.75 Å². The van der Waals surface area contributed by atoms with Gasteiger partial charge in [-0.25, -0.2) is 9.48 Å². The highest BCUT2D eigenvalue weighted by Gasteiger charge is 2.27. The molecule has 0 spiro atoms. The fourth-order valence-corrected chi connectivity index (χ4v) is 2.43. The summed E-state index contributed by atoms with van der Waals surface area (Å²) in [5.74, 6) is 0.764. The summed E-state index contributed by atoms with van der Waals surface area (Å²) >= 11 is 0. The average molecular weight is 287 g/mol. The van der Waals surface area contributed by atoms with E-state index in [1.165, 1.54) is 0 Å². The highest BCUT2D eigenvalue weighted by Crippen LogP contribution is 2.21. The van der Waals surface area contributed by atoms with E-state index in [4.69, 9.17) is 4.74 Å². The second-order valence-corrected chi connectivity index (χ2v) is 4.93. The Morgan fingerprint density at radius 3 is 2.86 bits per heavy atom. The summed E-state index contributed by atoms with van der Waals surface area (Å²) in [5.41, 5.74) is 0.755. The molecule has 21 heavy (non-hydrogen) atoms. The number of nitrogens with one attached hydrogen (secondary N) is 1. The molecule has 1 atom stereocenters. The number of amides is 2. The van der Waals surface area contributed by atoms with Gasteiger partial charge in [0.1, 0.15) is 5.75 Å². The van der Waals surface area contributed by atoms with Gasteiger partial charge in [0.05, 0.1) is 19.3 Å². The fourth-order valence-electron chi connectivity index (χ4n) is 2.43. The zero-order valence-electron chi connectivity index (χ0n) is 11.8. The van der Waals surface area contributed by atoms with Gasteiger partial charge < -0.3 is 15.0 Å². The molecule has 1 aromatic carbocycles. The van der Waals surface area contributed by atoms with Gasteiger partial charge in [-0.05, 0) is 30.7 Å². The van der Waals surface area contributed by atoms with Gasteiger partial charge >= 0.3 is 6.03 Å². The van der Waals surface area contributed by atoms with Crippen LogP contribution >= 0.6 is 0 Å². The van der Waals surface area contributed by atoms with Crippen molar-refractivity contribution >= 4 is 11.7 Å². The molecule has 2 amide bonds. The first-order valence-electron chi connectivity index (χ1n) is 6.82. The lowest BCUT2D eigenvalue weighted by atomic mass is 10.3. The summed E-state index contributed by atoms with van der Waals surface area (Å²) in [6.07, 6.45) is 4.37. The molecule has 2 heterocycles. The van der Waals surface area contributed by atoms with Crippen molar-refractivity contribution in [1.29, 1.82) is 0 Å². The number of carbonyl (C=O) groups is 1. The molecule has 1 N–H and O–H groups in total. The number of urea groups is 1. The number of hydrogen-bond donors (Lipinski definition) is 1. The second kappa shape index (κ2) is 5.82. The van der Waals surface area contributed by atoms with Crippen LogP contribution in [0.3, 0.4) is 0 Å². The summed E-state index contributed by atoms with van der Waals surface area (Å²) in [5, 5.41) is 10.7. The third-order valence-corrected chi connectivity index (χ3v) is 3.61. The molecule has 1 fully saturated rings. The van der Waals surface area contributed by atoms with Gasteiger partial charge in [0.25, 0.3) is 0 Å². The molecule has 1 aromatic heterocycles. The number of aromatic nitrogens is 3. The first kappa shape index (κ1) is 13.4. The number of likely N-dealkylation sites (tertiary alicyclic amines) is 1. The predicted octanol–water partition coefficient (Wildman–Crippen LogP) is 1.77. The molecular formula is C14H17N5O2. The van der Waals surface area contributed by atoms with Crippen molar-refractivity contribution in [3.63, 3.8) is 0 Å². The molecule has 7 heteroatoms. The Morgan fingerprint density at radius 1 is 1.38 bits per heavy atom. The zero-order valence-corrected chi connectivity index (χ0v) is 11.8. The van der Waals surface area contributed by atoms with Crippen LogP contribution in [-0.2, 0) is 0 Å². The number of ether oxygens (including phenoxy) is 1. The van der Waals surface area contributed by atoms with Crippen LogP contribution in [0.25, 0.3) is 0 Å². The van der Waals surface area contributed by atoms with Gasteiger partial charge in [0, 0.05) is 25.0 Å². The van der Waals surface area contributed by atoms with E-state index in [1.807, 2.05) is 30.5 Å².